The lowest BCUT2D eigenvalue weighted by molar-refractivity contribution is -0.135. The van der Waals surface area contributed by atoms with Crippen molar-refractivity contribution in [3.63, 3.8) is 0 Å². The van der Waals surface area contributed by atoms with Crippen LogP contribution in [0.1, 0.15) is 19.3 Å². The van der Waals surface area contributed by atoms with Crippen molar-refractivity contribution in [2.24, 2.45) is 5.92 Å². The van der Waals surface area contributed by atoms with E-state index in [9.17, 15) is 4.79 Å². The van der Waals surface area contributed by atoms with Crippen molar-refractivity contribution in [2.75, 3.05) is 52.5 Å². The molecule has 0 aromatic rings. The van der Waals surface area contributed by atoms with E-state index in [2.05, 4.69) is 10.2 Å². The number of likely N-dealkylation sites (tertiary alicyclic amines) is 1. The van der Waals surface area contributed by atoms with Crippen molar-refractivity contribution in [2.45, 2.75) is 25.3 Å². The van der Waals surface area contributed by atoms with E-state index in [1.165, 1.54) is 12.8 Å². The fourth-order valence-corrected chi connectivity index (χ4v) is 3.00. The van der Waals surface area contributed by atoms with E-state index >= 15 is 0 Å². The molecule has 108 valence electrons. The molecule has 1 unspecified atom stereocenters. The lowest BCUT2D eigenvalue weighted by atomic mass is 10.2. The summed E-state index contributed by atoms with van der Waals surface area (Å²) in [4.78, 5) is 16.6. The lowest BCUT2D eigenvalue weighted by Crippen LogP contribution is -2.49. The predicted molar refractivity (Wildman–Crippen MR) is 73.0 cm³/mol. The van der Waals surface area contributed by atoms with Crippen molar-refractivity contribution < 1.29 is 9.53 Å². The zero-order valence-corrected chi connectivity index (χ0v) is 11.6. The fourth-order valence-electron chi connectivity index (χ4n) is 3.00. The lowest BCUT2D eigenvalue weighted by Gasteiger charge is -2.32. The molecule has 0 aromatic carbocycles. The minimum atomic E-state index is 0.179. The third-order valence-corrected chi connectivity index (χ3v) is 4.46. The molecule has 0 aromatic heterocycles. The summed E-state index contributed by atoms with van der Waals surface area (Å²) < 4.78 is 5.50. The van der Waals surface area contributed by atoms with Gasteiger partial charge in [-0.25, -0.2) is 0 Å². The smallest absolute Gasteiger partial charge is 0.248 e. The molecule has 1 saturated carbocycles. The first-order valence-electron chi connectivity index (χ1n) is 7.63. The van der Waals surface area contributed by atoms with Gasteiger partial charge in [0.1, 0.15) is 6.61 Å². The Hall–Kier alpha value is -0.650. The van der Waals surface area contributed by atoms with Gasteiger partial charge < -0.3 is 15.0 Å². The van der Waals surface area contributed by atoms with Crippen LogP contribution in [0, 0.1) is 5.92 Å². The van der Waals surface area contributed by atoms with Gasteiger partial charge in [-0.15, -0.1) is 0 Å². The van der Waals surface area contributed by atoms with Crippen molar-refractivity contribution in [1.82, 2.24) is 15.1 Å². The molecule has 1 amide bonds. The predicted octanol–water partition coefficient (Wildman–Crippen LogP) is -0.0809. The van der Waals surface area contributed by atoms with E-state index in [0.29, 0.717) is 6.04 Å². The monoisotopic (exact) mass is 267 g/mol. The maximum atomic E-state index is 12.0. The molecule has 0 bridgehead atoms. The molecule has 5 heteroatoms. The molecule has 3 rings (SSSR count). The van der Waals surface area contributed by atoms with Gasteiger partial charge in [0, 0.05) is 45.3 Å². The van der Waals surface area contributed by atoms with E-state index in [-0.39, 0.29) is 12.5 Å². The Morgan fingerprint density at radius 2 is 1.95 bits per heavy atom. The van der Waals surface area contributed by atoms with Crippen LogP contribution in [0.4, 0.5) is 0 Å². The fraction of sp³-hybridized carbons (Fsp3) is 0.929. The second kappa shape index (κ2) is 6.20. The number of rotatable bonds is 5. The largest absolute Gasteiger partial charge is 0.371 e. The number of hydrogen-bond donors (Lipinski definition) is 1. The van der Waals surface area contributed by atoms with Gasteiger partial charge in [-0.3, -0.25) is 9.69 Å². The Morgan fingerprint density at radius 1 is 1.16 bits per heavy atom. The Labute approximate surface area is 115 Å². The molecule has 0 radical (unpaired) electrons. The number of nitrogens with zero attached hydrogens (tertiary/aromatic N) is 2. The molecule has 2 aliphatic heterocycles. The van der Waals surface area contributed by atoms with Gasteiger partial charge in [0.2, 0.25) is 5.91 Å². The van der Waals surface area contributed by atoms with Gasteiger partial charge in [-0.2, -0.15) is 0 Å². The summed E-state index contributed by atoms with van der Waals surface area (Å²) in [7, 11) is 0. The summed E-state index contributed by atoms with van der Waals surface area (Å²) in [6, 6.07) is 0.564. The Morgan fingerprint density at radius 3 is 2.68 bits per heavy atom. The number of nitrogens with one attached hydrogen (secondary N) is 1. The highest BCUT2D eigenvalue weighted by Gasteiger charge is 2.31. The van der Waals surface area contributed by atoms with Crippen LogP contribution in [-0.4, -0.2) is 74.2 Å². The molecule has 5 nitrogen and oxygen atoms in total. The topological polar surface area (TPSA) is 44.8 Å². The van der Waals surface area contributed by atoms with Crippen LogP contribution in [0.25, 0.3) is 0 Å². The van der Waals surface area contributed by atoms with Crippen LogP contribution in [0.5, 0.6) is 0 Å². The van der Waals surface area contributed by atoms with Crippen LogP contribution < -0.4 is 5.32 Å². The first-order valence-corrected chi connectivity index (χ1v) is 7.63. The third-order valence-electron chi connectivity index (χ3n) is 4.46. The standard InChI is InChI=1S/C14H25N3O2/c18-14(11-19-10-12-1-2-12)17-6-3-13(9-17)16-7-4-15-5-8-16/h12-13,15H,1-11H2. The number of carbonyl (C=O) groups excluding carboxylic acids is 1. The minimum absolute atomic E-state index is 0.179. The Bertz CT molecular complexity index is 314. The average molecular weight is 267 g/mol. The molecule has 2 heterocycles. The Balaban J connectivity index is 1.38. The van der Waals surface area contributed by atoms with E-state index in [1.807, 2.05) is 4.90 Å². The van der Waals surface area contributed by atoms with Crippen molar-refractivity contribution in [3.8, 4) is 0 Å². The summed E-state index contributed by atoms with van der Waals surface area (Å²) in [6.07, 6.45) is 3.68. The molecular weight excluding hydrogens is 242 g/mol. The number of hydrogen-bond acceptors (Lipinski definition) is 4. The SMILES string of the molecule is O=C(COCC1CC1)N1CCC(N2CCNCC2)C1. The first-order chi connectivity index (χ1) is 9.33. The molecule has 3 fully saturated rings. The highest BCUT2D eigenvalue weighted by molar-refractivity contribution is 5.77. The Kier molecular flexibility index (Phi) is 4.35. The number of carbonyl (C=O) groups is 1. The average Bonchev–Trinajstić information content (AvgIpc) is 3.13. The van der Waals surface area contributed by atoms with Crippen molar-refractivity contribution >= 4 is 5.91 Å². The summed E-state index contributed by atoms with van der Waals surface area (Å²) in [5.74, 6) is 0.915. The molecule has 1 atom stereocenters. The van der Waals surface area contributed by atoms with Crippen LogP contribution in [0.2, 0.25) is 0 Å². The maximum absolute atomic E-state index is 12.0. The van der Waals surface area contributed by atoms with Gasteiger partial charge in [0.25, 0.3) is 0 Å². The zero-order valence-electron chi connectivity index (χ0n) is 11.6. The third kappa shape index (κ3) is 3.68. The van der Waals surface area contributed by atoms with E-state index < -0.39 is 0 Å². The normalized spacial score (nSPS) is 28.8. The maximum Gasteiger partial charge on any atom is 0.248 e. The summed E-state index contributed by atoms with van der Waals surface area (Å²) in [5.41, 5.74) is 0. The highest BCUT2D eigenvalue weighted by Crippen LogP contribution is 2.28. The van der Waals surface area contributed by atoms with Gasteiger partial charge in [0.15, 0.2) is 0 Å². The number of ether oxygens (including phenoxy) is 1. The molecule has 1 aliphatic carbocycles. The van der Waals surface area contributed by atoms with Crippen LogP contribution in [0.15, 0.2) is 0 Å². The summed E-state index contributed by atoms with van der Waals surface area (Å²) in [6.45, 7) is 7.25. The zero-order chi connectivity index (χ0) is 13.1. The van der Waals surface area contributed by atoms with Gasteiger partial charge in [-0.1, -0.05) is 0 Å². The number of piperazine rings is 1. The molecule has 19 heavy (non-hydrogen) atoms. The number of amides is 1. The van der Waals surface area contributed by atoms with Crippen LogP contribution in [0.3, 0.4) is 0 Å². The molecule has 2 saturated heterocycles. The summed E-state index contributed by atoms with van der Waals surface area (Å²) >= 11 is 0. The van der Waals surface area contributed by atoms with E-state index in [4.69, 9.17) is 4.74 Å². The molecular formula is C14H25N3O2. The molecule has 3 aliphatic rings. The first kappa shape index (κ1) is 13.3. The minimum Gasteiger partial charge on any atom is -0.371 e. The van der Waals surface area contributed by atoms with Gasteiger partial charge in [0.05, 0.1) is 6.61 Å². The van der Waals surface area contributed by atoms with E-state index in [1.54, 1.807) is 0 Å². The molecule has 0 spiro atoms. The van der Waals surface area contributed by atoms with Crippen LogP contribution >= 0.6 is 0 Å². The van der Waals surface area contributed by atoms with Crippen molar-refractivity contribution in [1.29, 1.82) is 0 Å². The van der Waals surface area contributed by atoms with Crippen molar-refractivity contribution in [3.05, 3.63) is 0 Å². The van der Waals surface area contributed by atoms with Crippen LogP contribution in [-0.2, 0) is 9.53 Å². The second-order valence-corrected chi connectivity index (χ2v) is 6.03. The van der Waals surface area contributed by atoms with Gasteiger partial charge in [-0.05, 0) is 25.2 Å². The second-order valence-electron chi connectivity index (χ2n) is 6.03. The summed E-state index contributed by atoms with van der Waals surface area (Å²) in [5, 5.41) is 3.37. The van der Waals surface area contributed by atoms with Gasteiger partial charge >= 0.3 is 0 Å². The molecule has 1 N–H and O–H groups in total. The quantitative estimate of drug-likeness (QED) is 0.757. The highest BCUT2D eigenvalue weighted by atomic mass is 16.5. The van der Waals surface area contributed by atoms with E-state index in [0.717, 1.165) is 58.2 Å².